The van der Waals surface area contributed by atoms with Crippen LogP contribution in [0.3, 0.4) is 0 Å². The SMILES string of the molecule is CO[C@@]12CC[C@]3(C[C@@H]1C(C)(C)O)[C@H]1Cc4ccc(O)c5c4[C@@]3(CCN1CC1CC1)[C@H]2O5. The summed E-state index contributed by atoms with van der Waals surface area (Å²) in [6.07, 6.45) is 7.72. The maximum atomic E-state index is 11.4. The van der Waals surface area contributed by atoms with Crippen molar-refractivity contribution in [3.05, 3.63) is 23.3 Å². The molecule has 0 amide bonds. The van der Waals surface area contributed by atoms with Gasteiger partial charge >= 0.3 is 0 Å². The van der Waals surface area contributed by atoms with Crippen molar-refractivity contribution < 1.29 is 19.7 Å². The number of phenols is 1. The van der Waals surface area contributed by atoms with Crippen LogP contribution in [0.5, 0.6) is 11.5 Å². The predicted octanol–water partition coefficient (Wildman–Crippen LogP) is 3.39. The molecule has 168 valence electrons. The molecule has 1 aromatic carbocycles. The third-order valence-electron chi connectivity index (χ3n) is 10.5. The van der Waals surface area contributed by atoms with Crippen LogP contribution in [0.4, 0.5) is 0 Å². The highest BCUT2D eigenvalue weighted by Crippen LogP contribution is 2.77. The first-order chi connectivity index (χ1) is 14.8. The van der Waals surface area contributed by atoms with Crippen molar-refractivity contribution in [3.8, 4) is 11.5 Å². The summed E-state index contributed by atoms with van der Waals surface area (Å²) < 4.78 is 13.2. The third-order valence-corrected chi connectivity index (χ3v) is 10.5. The molecule has 31 heavy (non-hydrogen) atoms. The quantitative estimate of drug-likeness (QED) is 0.774. The molecule has 5 heteroatoms. The Morgan fingerprint density at radius 1 is 1.23 bits per heavy atom. The molecule has 5 aliphatic carbocycles. The molecular formula is C26H35NO4. The molecule has 6 atom stereocenters. The van der Waals surface area contributed by atoms with Crippen molar-refractivity contribution in [2.75, 3.05) is 20.2 Å². The smallest absolute Gasteiger partial charge is 0.165 e. The van der Waals surface area contributed by atoms with Crippen LogP contribution >= 0.6 is 0 Å². The average molecular weight is 426 g/mol. The Morgan fingerprint density at radius 3 is 2.74 bits per heavy atom. The highest BCUT2D eigenvalue weighted by molar-refractivity contribution is 5.63. The zero-order valence-electron chi connectivity index (χ0n) is 19.0. The number of benzene rings is 1. The minimum Gasteiger partial charge on any atom is -0.504 e. The maximum Gasteiger partial charge on any atom is 0.165 e. The Hall–Kier alpha value is -1.30. The molecule has 0 aromatic heterocycles. The number of aromatic hydroxyl groups is 1. The minimum absolute atomic E-state index is 0.0123. The standard InChI is InChI=1S/C26H35NO4/c1-23(2,29)18-13-24-8-9-26(18,30-3)22-25(24)10-11-27(14-15-4-5-15)19(24)12-16-6-7-17(28)21(31-22)20(16)25/h6-7,15,18-19,22,28-29H,4-5,8-14H2,1-3H3/t18-,19-,22-,24+,25+,26+/m1/s1. The van der Waals surface area contributed by atoms with Crippen molar-refractivity contribution in [2.45, 2.75) is 87.6 Å². The van der Waals surface area contributed by atoms with Gasteiger partial charge in [-0.15, -0.1) is 0 Å². The van der Waals surface area contributed by atoms with Gasteiger partial charge in [0, 0.05) is 42.0 Å². The van der Waals surface area contributed by atoms with Gasteiger partial charge in [0.05, 0.1) is 5.60 Å². The number of likely N-dealkylation sites (tertiary alicyclic amines) is 1. The minimum atomic E-state index is -0.846. The molecule has 0 unspecified atom stereocenters. The highest BCUT2D eigenvalue weighted by atomic mass is 16.6. The first kappa shape index (κ1) is 19.2. The third kappa shape index (κ3) is 2.02. The molecule has 1 saturated heterocycles. The molecule has 2 aliphatic heterocycles. The summed E-state index contributed by atoms with van der Waals surface area (Å²) in [5, 5.41) is 22.2. The monoisotopic (exact) mass is 425 g/mol. The van der Waals surface area contributed by atoms with Gasteiger partial charge in [-0.1, -0.05) is 6.07 Å². The summed E-state index contributed by atoms with van der Waals surface area (Å²) in [4.78, 5) is 2.81. The normalized spacial score (nSPS) is 44.8. The van der Waals surface area contributed by atoms with Crippen LogP contribution in [-0.2, 0) is 16.6 Å². The van der Waals surface area contributed by atoms with Crippen molar-refractivity contribution >= 4 is 0 Å². The van der Waals surface area contributed by atoms with Crippen molar-refractivity contribution in [1.82, 2.24) is 4.90 Å². The van der Waals surface area contributed by atoms with Crippen LogP contribution < -0.4 is 4.74 Å². The zero-order valence-corrected chi connectivity index (χ0v) is 19.0. The van der Waals surface area contributed by atoms with Crippen LogP contribution in [0, 0.1) is 17.3 Å². The number of aliphatic hydroxyl groups is 1. The van der Waals surface area contributed by atoms with E-state index in [9.17, 15) is 10.2 Å². The van der Waals surface area contributed by atoms with Gasteiger partial charge in [0.15, 0.2) is 11.5 Å². The van der Waals surface area contributed by atoms with E-state index >= 15 is 0 Å². The molecule has 4 saturated carbocycles. The van der Waals surface area contributed by atoms with Gasteiger partial charge in [0.2, 0.25) is 0 Å². The Bertz CT molecular complexity index is 967. The number of piperidine rings is 1. The van der Waals surface area contributed by atoms with Gasteiger partial charge in [0.25, 0.3) is 0 Å². The summed E-state index contributed by atoms with van der Waals surface area (Å²) in [6, 6.07) is 4.46. The number of rotatable bonds is 4. The van der Waals surface area contributed by atoms with E-state index in [0.717, 1.165) is 44.6 Å². The van der Waals surface area contributed by atoms with Crippen LogP contribution in [-0.4, -0.2) is 58.7 Å². The van der Waals surface area contributed by atoms with E-state index in [0.29, 0.717) is 11.8 Å². The largest absolute Gasteiger partial charge is 0.504 e. The van der Waals surface area contributed by atoms with Crippen LogP contribution in [0.25, 0.3) is 0 Å². The number of nitrogens with zero attached hydrogens (tertiary/aromatic N) is 1. The van der Waals surface area contributed by atoms with E-state index in [1.807, 2.05) is 27.0 Å². The van der Waals surface area contributed by atoms with Gasteiger partial charge in [-0.25, -0.2) is 0 Å². The second-order valence-corrected chi connectivity index (χ2v) is 12.1. The summed E-state index contributed by atoms with van der Waals surface area (Å²) in [5.74, 6) is 1.86. The van der Waals surface area contributed by atoms with E-state index in [-0.39, 0.29) is 28.6 Å². The lowest BCUT2D eigenvalue weighted by molar-refractivity contribution is -0.300. The lowest BCUT2D eigenvalue weighted by Crippen LogP contribution is -2.82. The number of phenolic OH excluding ortho intramolecular Hbond substituents is 1. The van der Waals surface area contributed by atoms with E-state index in [1.54, 1.807) is 0 Å². The van der Waals surface area contributed by atoms with Crippen LogP contribution in [0.15, 0.2) is 12.1 Å². The molecule has 2 N–H and O–H groups in total. The van der Waals surface area contributed by atoms with Gasteiger partial charge in [0.1, 0.15) is 11.7 Å². The second-order valence-electron chi connectivity index (χ2n) is 12.1. The molecular weight excluding hydrogens is 390 g/mol. The molecule has 1 aromatic rings. The van der Waals surface area contributed by atoms with Gasteiger partial charge in [-0.3, -0.25) is 4.90 Å². The maximum absolute atomic E-state index is 11.4. The Balaban J connectivity index is 1.49. The predicted molar refractivity (Wildman–Crippen MR) is 116 cm³/mol. The fourth-order valence-electron chi connectivity index (χ4n) is 9.23. The molecule has 2 spiro atoms. The highest BCUT2D eigenvalue weighted by Gasteiger charge is 2.81. The number of hydrogen-bond acceptors (Lipinski definition) is 5. The number of fused-ring (bicyclic) bond motifs is 2. The molecule has 7 aliphatic rings. The fourth-order valence-corrected chi connectivity index (χ4v) is 9.23. The lowest BCUT2D eigenvalue weighted by atomic mass is 9.34. The number of methoxy groups -OCH3 is 1. The molecule has 4 bridgehead atoms. The summed E-state index contributed by atoms with van der Waals surface area (Å²) >= 11 is 0. The Labute approximate surface area is 184 Å². The Kier molecular flexibility index (Phi) is 3.47. The zero-order chi connectivity index (χ0) is 21.4. The molecule has 8 rings (SSSR count). The first-order valence-corrected chi connectivity index (χ1v) is 12.3. The second kappa shape index (κ2) is 5.60. The van der Waals surface area contributed by atoms with Crippen molar-refractivity contribution in [2.24, 2.45) is 17.3 Å². The molecule has 2 heterocycles. The average Bonchev–Trinajstić information content (AvgIpc) is 3.47. The van der Waals surface area contributed by atoms with Crippen molar-refractivity contribution in [3.63, 3.8) is 0 Å². The van der Waals surface area contributed by atoms with Gasteiger partial charge in [-0.2, -0.15) is 0 Å². The summed E-state index contributed by atoms with van der Waals surface area (Å²) in [5.41, 5.74) is 1.24. The first-order valence-electron chi connectivity index (χ1n) is 12.3. The van der Waals surface area contributed by atoms with Crippen LogP contribution in [0.2, 0.25) is 0 Å². The van der Waals surface area contributed by atoms with Crippen molar-refractivity contribution in [1.29, 1.82) is 0 Å². The van der Waals surface area contributed by atoms with Crippen LogP contribution in [0.1, 0.15) is 63.5 Å². The van der Waals surface area contributed by atoms with Gasteiger partial charge in [-0.05, 0) is 82.9 Å². The number of ether oxygens (including phenoxy) is 2. The molecule has 5 nitrogen and oxygen atoms in total. The molecule has 5 fully saturated rings. The topological polar surface area (TPSA) is 62.2 Å². The van der Waals surface area contributed by atoms with E-state index < -0.39 is 11.2 Å². The Morgan fingerprint density at radius 2 is 2.03 bits per heavy atom. The summed E-state index contributed by atoms with van der Waals surface area (Å²) in [6.45, 7) is 6.23. The van der Waals surface area contributed by atoms with E-state index in [2.05, 4.69) is 11.0 Å². The summed E-state index contributed by atoms with van der Waals surface area (Å²) in [7, 11) is 1.81. The fraction of sp³-hybridized carbons (Fsp3) is 0.769. The van der Waals surface area contributed by atoms with E-state index in [1.165, 1.54) is 30.5 Å². The lowest BCUT2D eigenvalue weighted by Gasteiger charge is -2.75. The van der Waals surface area contributed by atoms with E-state index in [4.69, 9.17) is 9.47 Å². The molecule has 0 radical (unpaired) electrons. The van der Waals surface area contributed by atoms with Gasteiger partial charge < -0.3 is 19.7 Å². The number of hydrogen-bond donors (Lipinski definition) is 2.